The van der Waals surface area contributed by atoms with E-state index in [4.69, 9.17) is 5.26 Å². The van der Waals surface area contributed by atoms with Crippen molar-refractivity contribution in [2.75, 3.05) is 5.32 Å². The number of carbonyl (C=O) groups is 1. The topological polar surface area (TPSA) is 83.6 Å². The lowest BCUT2D eigenvalue weighted by Gasteiger charge is -2.04. The van der Waals surface area contributed by atoms with Crippen molar-refractivity contribution in [2.24, 2.45) is 0 Å². The normalized spacial score (nSPS) is 9.72. The Morgan fingerprint density at radius 1 is 1.39 bits per heavy atom. The quantitative estimate of drug-likeness (QED) is 0.871. The van der Waals surface area contributed by atoms with Crippen molar-refractivity contribution in [1.29, 1.82) is 5.26 Å². The van der Waals surface area contributed by atoms with E-state index in [1.807, 2.05) is 6.07 Å². The highest BCUT2D eigenvalue weighted by atomic mass is 16.1. The Balaban J connectivity index is 1.85. The molecule has 0 spiro atoms. The Morgan fingerprint density at radius 3 is 2.78 bits per heavy atom. The van der Waals surface area contributed by atoms with Crippen molar-refractivity contribution in [2.45, 2.75) is 13.0 Å². The minimum Gasteiger partial charge on any atom is -0.326 e. The molecule has 0 saturated heterocycles. The lowest BCUT2D eigenvalue weighted by molar-refractivity contribution is -0.116. The average Bonchev–Trinajstić information content (AvgIpc) is 2.90. The molecule has 1 N–H and O–H groups in total. The van der Waals surface area contributed by atoms with Crippen LogP contribution in [0.2, 0.25) is 0 Å². The van der Waals surface area contributed by atoms with Gasteiger partial charge in [-0.1, -0.05) is 0 Å². The molecule has 1 aromatic carbocycles. The number of nitrogens with zero attached hydrogens (tertiary/aromatic N) is 4. The number of carbonyl (C=O) groups excluding carboxylic acids is 1. The van der Waals surface area contributed by atoms with E-state index >= 15 is 0 Å². The number of nitriles is 1. The van der Waals surface area contributed by atoms with E-state index in [1.54, 1.807) is 35.3 Å². The molecule has 1 aromatic heterocycles. The van der Waals surface area contributed by atoms with Gasteiger partial charge in [-0.2, -0.15) is 10.4 Å². The Kier molecular flexibility index (Phi) is 3.66. The number of aromatic nitrogens is 3. The van der Waals surface area contributed by atoms with Crippen LogP contribution in [-0.4, -0.2) is 20.7 Å². The van der Waals surface area contributed by atoms with E-state index in [0.717, 1.165) is 0 Å². The fraction of sp³-hybridized carbons (Fsp3) is 0.167. The molecule has 0 radical (unpaired) electrons. The van der Waals surface area contributed by atoms with E-state index in [-0.39, 0.29) is 5.91 Å². The maximum atomic E-state index is 11.6. The molecule has 0 aliphatic heterocycles. The Morgan fingerprint density at radius 2 is 2.17 bits per heavy atom. The summed E-state index contributed by atoms with van der Waals surface area (Å²) in [6, 6.07) is 8.74. The third-order valence-electron chi connectivity index (χ3n) is 2.33. The third-order valence-corrected chi connectivity index (χ3v) is 2.33. The van der Waals surface area contributed by atoms with Gasteiger partial charge in [0, 0.05) is 12.1 Å². The zero-order valence-electron chi connectivity index (χ0n) is 9.58. The van der Waals surface area contributed by atoms with Gasteiger partial charge in [-0.3, -0.25) is 9.48 Å². The molecule has 0 fully saturated rings. The van der Waals surface area contributed by atoms with Gasteiger partial charge >= 0.3 is 0 Å². The van der Waals surface area contributed by atoms with Gasteiger partial charge in [0.2, 0.25) is 5.91 Å². The van der Waals surface area contributed by atoms with Crippen molar-refractivity contribution in [3.8, 4) is 6.07 Å². The second-order valence-electron chi connectivity index (χ2n) is 3.65. The molecule has 1 amide bonds. The third kappa shape index (κ3) is 3.15. The van der Waals surface area contributed by atoms with E-state index in [2.05, 4.69) is 15.4 Å². The fourth-order valence-corrected chi connectivity index (χ4v) is 1.42. The van der Waals surface area contributed by atoms with Crippen molar-refractivity contribution >= 4 is 11.6 Å². The molecule has 1 heterocycles. The predicted molar refractivity (Wildman–Crippen MR) is 64.4 cm³/mol. The van der Waals surface area contributed by atoms with Crippen LogP contribution in [0.25, 0.3) is 0 Å². The Hall–Kier alpha value is -2.68. The van der Waals surface area contributed by atoms with Crippen LogP contribution in [0.5, 0.6) is 0 Å². The van der Waals surface area contributed by atoms with Crippen molar-refractivity contribution < 1.29 is 4.79 Å². The molecule has 0 saturated carbocycles. The molecule has 18 heavy (non-hydrogen) atoms. The van der Waals surface area contributed by atoms with Gasteiger partial charge in [-0.25, -0.2) is 4.98 Å². The van der Waals surface area contributed by atoms with Gasteiger partial charge in [0.25, 0.3) is 0 Å². The Labute approximate surface area is 104 Å². The first-order chi connectivity index (χ1) is 8.78. The monoisotopic (exact) mass is 241 g/mol. The van der Waals surface area contributed by atoms with Crippen LogP contribution in [0.3, 0.4) is 0 Å². The van der Waals surface area contributed by atoms with E-state index < -0.39 is 0 Å². The predicted octanol–water partition coefficient (Wildman–Crippen LogP) is 1.18. The van der Waals surface area contributed by atoms with Gasteiger partial charge in [-0.05, 0) is 24.3 Å². The summed E-state index contributed by atoms with van der Waals surface area (Å²) in [5.74, 6) is -0.102. The lowest BCUT2D eigenvalue weighted by atomic mass is 10.2. The number of nitrogens with one attached hydrogen (secondary N) is 1. The number of anilines is 1. The molecular weight excluding hydrogens is 230 g/mol. The van der Waals surface area contributed by atoms with Crippen molar-refractivity contribution in [1.82, 2.24) is 14.8 Å². The Bertz CT molecular complexity index is 553. The number of hydrogen-bond acceptors (Lipinski definition) is 4. The summed E-state index contributed by atoms with van der Waals surface area (Å²) >= 11 is 0. The summed E-state index contributed by atoms with van der Waals surface area (Å²) < 4.78 is 1.60. The smallest absolute Gasteiger partial charge is 0.226 e. The summed E-state index contributed by atoms with van der Waals surface area (Å²) in [6.07, 6.45) is 3.32. The summed E-state index contributed by atoms with van der Waals surface area (Å²) in [4.78, 5) is 15.4. The second-order valence-corrected chi connectivity index (χ2v) is 3.65. The molecule has 6 nitrogen and oxygen atoms in total. The number of aryl methyl sites for hydroxylation is 1. The van der Waals surface area contributed by atoms with Crippen molar-refractivity contribution in [3.63, 3.8) is 0 Å². The SMILES string of the molecule is N#Cc1ccc(NC(=O)CCn2cncn2)cc1. The van der Waals surface area contributed by atoms with Gasteiger partial charge in [0.1, 0.15) is 12.7 Å². The molecule has 90 valence electrons. The van der Waals surface area contributed by atoms with Crippen LogP contribution in [0.1, 0.15) is 12.0 Å². The number of hydrogen-bond donors (Lipinski definition) is 1. The van der Waals surface area contributed by atoms with Crippen LogP contribution in [0, 0.1) is 11.3 Å². The summed E-state index contributed by atoms with van der Waals surface area (Å²) in [7, 11) is 0. The highest BCUT2D eigenvalue weighted by Crippen LogP contribution is 2.09. The standard InChI is InChI=1S/C12H11N5O/c13-7-10-1-3-11(4-2-10)16-12(18)5-6-17-9-14-8-15-17/h1-4,8-9H,5-6H2,(H,16,18). The van der Waals surface area contributed by atoms with Crippen LogP contribution < -0.4 is 5.32 Å². The zero-order valence-corrected chi connectivity index (χ0v) is 9.58. The van der Waals surface area contributed by atoms with Crippen LogP contribution in [0.15, 0.2) is 36.9 Å². The molecule has 6 heteroatoms. The van der Waals surface area contributed by atoms with E-state index in [9.17, 15) is 4.79 Å². The first-order valence-electron chi connectivity index (χ1n) is 5.40. The minimum absolute atomic E-state index is 0.102. The van der Waals surface area contributed by atoms with Gasteiger partial charge in [0.05, 0.1) is 18.2 Å². The highest BCUT2D eigenvalue weighted by Gasteiger charge is 2.03. The number of benzene rings is 1. The zero-order chi connectivity index (χ0) is 12.8. The molecule has 0 atom stereocenters. The highest BCUT2D eigenvalue weighted by molar-refractivity contribution is 5.90. The molecule has 2 aromatic rings. The second kappa shape index (κ2) is 5.59. The number of rotatable bonds is 4. The molecule has 0 bridgehead atoms. The molecule has 2 rings (SSSR count). The molecule has 0 unspecified atom stereocenters. The van der Waals surface area contributed by atoms with E-state index in [0.29, 0.717) is 24.2 Å². The van der Waals surface area contributed by atoms with Crippen LogP contribution in [0.4, 0.5) is 5.69 Å². The lowest BCUT2D eigenvalue weighted by Crippen LogP contribution is -2.14. The van der Waals surface area contributed by atoms with Gasteiger partial charge in [0.15, 0.2) is 0 Å². The fourth-order valence-electron chi connectivity index (χ4n) is 1.42. The van der Waals surface area contributed by atoms with Crippen molar-refractivity contribution in [3.05, 3.63) is 42.5 Å². The minimum atomic E-state index is -0.102. The van der Waals surface area contributed by atoms with E-state index in [1.165, 1.54) is 6.33 Å². The van der Waals surface area contributed by atoms with Gasteiger partial charge in [-0.15, -0.1) is 0 Å². The van der Waals surface area contributed by atoms with Gasteiger partial charge < -0.3 is 5.32 Å². The molecule has 0 aliphatic rings. The van der Waals surface area contributed by atoms with Crippen LogP contribution in [-0.2, 0) is 11.3 Å². The summed E-state index contributed by atoms with van der Waals surface area (Å²) in [5.41, 5.74) is 1.24. The summed E-state index contributed by atoms with van der Waals surface area (Å²) in [5, 5.41) is 15.3. The maximum Gasteiger partial charge on any atom is 0.226 e. The first kappa shape index (κ1) is 11.8. The van der Waals surface area contributed by atoms with Crippen LogP contribution >= 0.6 is 0 Å². The summed E-state index contributed by atoms with van der Waals surface area (Å²) in [6.45, 7) is 0.488. The molecular formula is C12H11N5O. The maximum absolute atomic E-state index is 11.6. The molecule has 0 aliphatic carbocycles. The average molecular weight is 241 g/mol. The largest absolute Gasteiger partial charge is 0.326 e. The number of amides is 1. The first-order valence-corrected chi connectivity index (χ1v) is 5.40.